The van der Waals surface area contributed by atoms with Gasteiger partial charge in [-0.3, -0.25) is 4.79 Å². The second-order valence-corrected chi connectivity index (χ2v) is 5.50. The van der Waals surface area contributed by atoms with Crippen LogP contribution in [0.25, 0.3) is 11.0 Å². The van der Waals surface area contributed by atoms with Crippen molar-refractivity contribution in [3.05, 3.63) is 45.3 Å². The van der Waals surface area contributed by atoms with E-state index < -0.39 is 41.0 Å². The Morgan fingerprint density at radius 2 is 1.52 bits per heavy atom. The molecule has 0 aliphatic carbocycles. The van der Waals surface area contributed by atoms with Gasteiger partial charge in [-0.15, -0.1) is 0 Å². The fourth-order valence-electron chi connectivity index (χ4n) is 2.32. The Hall–Kier alpha value is -2.13. The van der Waals surface area contributed by atoms with Crippen molar-refractivity contribution in [2.75, 3.05) is 0 Å². The van der Waals surface area contributed by atoms with Gasteiger partial charge in [-0.05, 0) is 31.0 Å². The summed E-state index contributed by atoms with van der Waals surface area (Å²) < 4.78 is 109. The third-order valence-electron chi connectivity index (χ3n) is 3.57. The van der Waals surface area contributed by atoms with Gasteiger partial charge in [-0.1, -0.05) is 6.07 Å². The quantitative estimate of drug-likeness (QED) is 0.702. The fraction of sp³-hybridized carbons (Fsp3) is 0.400. The average Bonchev–Trinajstić information content (AvgIpc) is 2.45. The maximum Gasteiger partial charge on any atom is 0.385 e. The van der Waals surface area contributed by atoms with Crippen molar-refractivity contribution in [2.24, 2.45) is 0 Å². The number of hydrogen-bond acceptors (Lipinski definition) is 2. The van der Waals surface area contributed by atoms with Crippen LogP contribution in [-0.4, -0.2) is 18.3 Å². The van der Waals surface area contributed by atoms with E-state index in [-0.39, 0.29) is 17.0 Å². The van der Waals surface area contributed by atoms with Gasteiger partial charge in [-0.2, -0.15) is 26.3 Å². The summed E-state index contributed by atoms with van der Waals surface area (Å²) in [4.78, 5) is 11.9. The van der Waals surface area contributed by atoms with Gasteiger partial charge >= 0.3 is 24.2 Å². The highest BCUT2D eigenvalue weighted by Crippen LogP contribution is 2.53. The fourth-order valence-corrected chi connectivity index (χ4v) is 2.32. The van der Waals surface area contributed by atoms with Gasteiger partial charge < -0.3 is 4.42 Å². The summed E-state index contributed by atoms with van der Waals surface area (Å²) >= 11 is 0. The third kappa shape index (κ3) is 2.77. The molecule has 0 unspecified atom stereocenters. The largest absolute Gasteiger partial charge is 0.454 e. The van der Waals surface area contributed by atoms with E-state index in [0.717, 1.165) is 6.07 Å². The maximum atomic E-state index is 13.9. The van der Waals surface area contributed by atoms with Crippen molar-refractivity contribution >= 4 is 11.0 Å². The Morgan fingerprint density at radius 1 is 0.960 bits per heavy atom. The monoisotopic (exact) mass is 374 g/mol. The van der Waals surface area contributed by atoms with Crippen LogP contribution in [0.15, 0.2) is 27.4 Å². The van der Waals surface area contributed by atoms with Crippen LogP contribution >= 0.6 is 0 Å². The molecule has 0 saturated heterocycles. The second-order valence-electron chi connectivity index (χ2n) is 5.50. The predicted octanol–water partition coefficient (Wildman–Crippen LogP) is 5.04. The molecule has 2 nitrogen and oxygen atoms in total. The summed E-state index contributed by atoms with van der Waals surface area (Å²) in [5.74, 6) is -20.8. The Morgan fingerprint density at radius 3 is 2.04 bits per heavy atom. The summed E-state index contributed by atoms with van der Waals surface area (Å²) in [6, 6.07) is 2.45. The molecule has 0 fully saturated rings. The maximum absolute atomic E-state index is 13.9. The molecule has 0 aliphatic rings. The van der Waals surface area contributed by atoms with Gasteiger partial charge in [0.1, 0.15) is 5.58 Å². The van der Waals surface area contributed by atoms with Crippen molar-refractivity contribution < 1.29 is 39.5 Å². The van der Waals surface area contributed by atoms with E-state index in [0.29, 0.717) is 5.56 Å². The molecule has 0 amide bonds. The van der Waals surface area contributed by atoms with Crippen LogP contribution in [0, 0.1) is 13.8 Å². The molecule has 25 heavy (non-hydrogen) atoms. The van der Waals surface area contributed by atoms with E-state index >= 15 is 0 Å². The van der Waals surface area contributed by atoms with Crippen molar-refractivity contribution in [3.8, 4) is 0 Å². The second kappa shape index (κ2) is 5.70. The number of alkyl halides is 8. The molecule has 2 rings (SSSR count). The minimum Gasteiger partial charge on any atom is -0.454 e. The number of rotatable bonds is 4. The first-order chi connectivity index (χ1) is 11.2. The van der Waals surface area contributed by atoms with Crippen LogP contribution in [0.1, 0.15) is 16.9 Å². The molecular formula is C15H10F8O2. The number of benzene rings is 1. The van der Waals surface area contributed by atoms with E-state index in [2.05, 4.69) is 4.42 Å². The minimum absolute atomic E-state index is 0.0971. The lowest BCUT2D eigenvalue weighted by Gasteiger charge is -2.31. The minimum atomic E-state index is -6.49. The highest BCUT2D eigenvalue weighted by Gasteiger charge is 2.77. The van der Waals surface area contributed by atoms with E-state index in [1.807, 2.05) is 0 Å². The van der Waals surface area contributed by atoms with Gasteiger partial charge in [0.15, 0.2) is 11.2 Å². The molecule has 0 bridgehead atoms. The van der Waals surface area contributed by atoms with Crippen LogP contribution in [0.5, 0.6) is 0 Å². The highest BCUT2D eigenvalue weighted by atomic mass is 19.4. The molecule has 0 N–H and O–H groups in total. The van der Waals surface area contributed by atoms with Crippen molar-refractivity contribution in [3.63, 3.8) is 0 Å². The molecule has 0 atom stereocenters. The number of aryl methyl sites for hydroxylation is 2. The predicted molar refractivity (Wildman–Crippen MR) is 71.8 cm³/mol. The van der Waals surface area contributed by atoms with E-state index in [1.165, 1.54) is 19.9 Å². The van der Waals surface area contributed by atoms with Crippen molar-refractivity contribution in [1.82, 2.24) is 0 Å². The lowest BCUT2D eigenvalue weighted by Crippen LogP contribution is -2.56. The molecule has 2 aromatic rings. The van der Waals surface area contributed by atoms with E-state index in [4.69, 9.17) is 0 Å². The number of fused-ring (bicyclic) bond motifs is 1. The van der Waals surface area contributed by atoms with Crippen LogP contribution in [0.3, 0.4) is 0 Å². The van der Waals surface area contributed by atoms with Gasteiger partial charge in [0.2, 0.25) is 0 Å². The summed E-state index contributed by atoms with van der Waals surface area (Å²) in [5.41, 5.74) is -1.04. The highest BCUT2D eigenvalue weighted by molar-refractivity contribution is 5.81. The summed E-state index contributed by atoms with van der Waals surface area (Å²) in [5, 5.41) is -0.214. The Kier molecular flexibility index (Phi) is 4.38. The summed E-state index contributed by atoms with van der Waals surface area (Å²) in [6.45, 7) is 2.90. The summed E-state index contributed by atoms with van der Waals surface area (Å²) in [6.07, 6.45) is -5.05. The Bertz CT molecular complexity index is 870. The van der Waals surface area contributed by atoms with Crippen molar-refractivity contribution in [2.45, 2.75) is 38.0 Å². The molecule has 0 saturated carbocycles. The Labute approximate surface area is 135 Å². The van der Waals surface area contributed by atoms with Gasteiger partial charge in [0.05, 0.1) is 5.39 Å². The first-order valence-electron chi connectivity index (χ1n) is 6.70. The lowest BCUT2D eigenvalue weighted by atomic mass is 10.0. The zero-order valence-electron chi connectivity index (χ0n) is 12.6. The molecule has 0 radical (unpaired) electrons. The number of hydrogen-bond donors (Lipinski definition) is 0. The first-order valence-corrected chi connectivity index (χ1v) is 6.70. The van der Waals surface area contributed by atoms with E-state index in [1.54, 1.807) is 0 Å². The van der Waals surface area contributed by atoms with Gasteiger partial charge in [0, 0.05) is 6.07 Å². The van der Waals surface area contributed by atoms with Crippen LogP contribution in [0.4, 0.5) is 35.1 Å². The molecule has 1 heterocycles. The third-order valence-corrected chi connectivity index (χ3v) is 3.57. The normalized spacial score (nSPS) is 13.7. The SMILES string of the molecule is Cc1cc(C)c2c(=O)cc(C(F)(F)C(F)(F)C(F)(F)C(F)F)oc2c1. The molecule has 1 aromatic carbocycles. The summed E-state index contributed by atoms with van der Waals surface area (Å²) in [7, 11) is 0. The molecule has 10 heteroatoms. The van der Waals surface area contributed by atoms with E-state index in [9.17, 15) is 39.9 Å². The van der Waals surface area contributed by atoms with Crippen LogP contribution in [0.2, 0.25) is 0 Å². The first kappa shape index (κ1) is 19.2. The smallest absolute Gasteiger partial charge is 0.385 e. The van der Waals surface area contributed by atoms with Gasteiger partial charge in [0.25, 0.3) is 0 Å². The van der Waals surface area contributed by atoms with Gasteiger partial charge in [-0.25, -0.2) is 8.78 Å². The standard InChI is InChI=1S/C15H10F8O2/c1-6-3-7(2)11-8(24)5-10(25-9(11)4-6)13(18,19)15(22,23)14(20,21)12(16)17/h3-5,12H,1-2H3. The van der Waals surface area contributed by atoms with Crippen molar-refractivity contribution in [1.29, 1.82) is 0 Å². The topological polar surface area (TPSA) is 30.2 Å². The Balaban J connectivity index is 2.74. The lowest BCUT2D eigenvalue weighted by molar-refractivity contribution is -0.347. The molecule has 0 aliphatic heterocycles. The average molecular weight is 374 g/mol. The molecule has 0 spiro atoms. The number of halogens is 8. The molecular weight excluding hydrogens is 364 g/mol. The zero-order valence-corrected chi connectivity index (χ0v) is 12.6. The van der Waals surface area contributed by atoms with Crippen LogP contribution in [-0.2, 0) is 5.92 Å². The molecule has 138 valence electrons. The van der Waals surface area contributed by atoms with Crippen LogP contribution < -0.4 is 5.43 Å². The molecule has 1 aromatic heterocycles. The zero-order chi connectivity index (χ0) is 19.4.